The van der Waals surface area contributed by atoms with Crippen molar-refractivity contribution in [1.29, 1.82) is 0 Å². The molecule has 0 amide bonds. The van der Waals surface area contributed by atoms with Gasteiger partial charge in [0.05, 0.1) is 11.4 Å². The molecule has 0 unspecified atom stereocenters. The van der Waals surface area contributed by atoms with Crippen molar-refractivity contribution in [1.82, 2.24) is 5.53 Å². The fourth-order valence-electron chi connectivity index (χ4n) is 1.52. The third-order valence-electron chi connectivity index (χ3n) is 2.15. The Hall–Kier alpha value is -1.22. The maximum Gasteiger partial charge on any atom is 0.0784 e. The van der Waals surface area contributed by atoms with Crippen LogP contribution < -0.4 is 15.6 Å². The van der Waals surface area contributed by atoms with Crippen LogP contribution in [0.1, 0.15) is 5.56 Å². The third kappa shape index (κ3) is 0.940. The molecule has 0 spiro atoms. The van der Waals surface area contributed by atoms with Crippen molar-refractivity contribution in [2.45, 2.75) is 6.92 Å². The monoisotopic (exact) mass is 163 g/mol. The van der Waals surface area contributed by atoms with Crippen LogP contribution in [0.4, 0.5) is 11.4 Å². The second-order valence-corrected chi connectivity index (χ2v) is 3.21. The van der Waals surface area contributed by atoms with Crippen LogP contribution in [0.2, 0.25) is 0 Å². The van der Waals surface area contributed by atoms with E-state index in [1.165, 1.54) is 16.9 Å². The molecule has 0 aromatic heterocycles. The first-order valence-electron chi connectivity index (χ1n) is 4.03. The molecular formula is C9H13N3. The molecule has 1 N–H and O–H groups in total. The average molecular weight is 163 g/mol. The second-order valence-electron chi connectivity index (χ2n) is 3.21. The molecule has 0 aliphatic carbocycles. The number of hydrazine groups is 2. The zero-order chi connectivity index (χ0) is 8.72. The minimum absolute atomic E-state index is 1.23. The Morgan fingerprint density at radius 3 is 2.50 bits per heavy atom. The number of hydrogen-bond acceptors (Lipinski definition) is 3. The van der Waals surface area contributed by atoms with E-state index >= 15 is 0 Å². The molecule has 0 atom stereocenters. The Labute approximate surface area is 72.5 Å². The molecule has 0 radical (unpaired) electrons. The summed E-state index contributed by atoms with van der Waals surface area (Å²) in [5.74, 6) is 0. The Morgan fingerprint density at radius 2 is 1.75 bits per heavy atom. The highest BCUT2D eigenvalue weighted by Crippen LogP contribution is 2.31. The maximum atomic E-state index is 3.18. The molecule has 1 aromatic carbocycles. The van der Waals surface area contributed by atoms with Crippen LogP contribution in [-0.4, -0.2) is 14.1 Å². The summed E-state index contributed by atoms with van der Waals surface area (Å²) in [4.78, 5) is 0. The lowest BCUT2D eigenvalue weighted by Crippen LogP contribution is -2.39. The van der Waals surface area contributed by atoms with Gasteiger partial charge in [-0.3, -0.25) is 10.0 Å². The summed E-state index contributed by atoms with van der Waals surface area (Å²) in [7, 11) is 4.03. The molecule has 0 saturated carbocycles. The standard InChI is InChI=1S/C9H13N3/c1-7-4-5-8-9(6-7)12(3)10-11(8)2/h4-6,10H,1-3H3. The first kappa shape index (κ1) is 7.43. The highest BCUT2D eigenvalue weighted by Gasteiger charge is 2.18. The highest BCUT2D eigenvalue weighted by atomic mass is 15.8. The average Bonchev–Trinajstić information content (AvgIpc) is 2.28. The van der Waals surface area contributed by atoms with E-state index in [0.717, 1.165) is 0 Å². The molecule has 1 aliphatic rings. The number of nitrogens with one attached hydrogen (secondary N) is 1. The van der Waals surface area contributed by atoms with Crippen molar-refractivity contribution in [2.24, 2.45) is 0 Å². The lowest BCUT2D eigenvalue weighted by atomic mass is 10.2. The predicted octanol–water partition coefficient (Wildman–Crippen LogP) is 1.30. The van der Waals surface area contributed by atoms with E-state index < -0.39 is 0 Å². The number of benzene rings is 1. The van der Waals surface area contributed by atoms with Crippen LogP contribution in [0.15, 0.2) is 18.2 Å². The van der Waals surface area contributed by atoms with Crippen molar-refractivity contribution in [2.75, 3.05) is 24.1 Å². The molecule has 0 bridgehead atoms. The molecule has 1 heterocycles. The molecule has 1 aliphatic heterocycles. The minimum Gasteiger partial charge on any atom is -0.292 e. The van der Waals surface area contributed by atoms with E-state index in [4.69, 9.17) is 0 Å². The Balaban J connectivity index is 2.53. The van der Waals surface area contributed by atoms with E-state index in [-0.39, 0.29) is 0 Å². The van der Waals surface area contributed by atoms with Gasteiger partial charge >= 0.3 is 0 Å². The molecule has 2 rings (SSSR count). The lowest BCUT2D eigenvalue weighted by Gasteiger charge is -2.13. The van der Waals surface area contributed by atoms with Crippen LogP contribution in [0.25, 0.3) is 0 Å². The maximum absolute atomic E-state index is 3.18. The second kappa shape index (κ2) is 2.38. The van der Waals surface area contributed by atoms with Crippen molar-refractivity contribution in [3.63, 3.8) is 0 Å². The largest absolute Gasteiger partial charge is 0.292 e. The van der Waals surface area contributed by atoms with Gasteiger partial charge in [0, 0.05) is 14.1 Å². The summed E-state index contributed by atoms with van der Waals surface area (Å²) >= 11 is 0. The van der Waals surface area contributed by atoms with Crippen LogP contribution in [-0.2, 0) is 0 Å². The molecule has 12 heavy (non-hydrogen) atoms. The van der Waals surface area contributed by atoms with Gasteiger partial charge < -0.3 is 0 Å². The molecule has 0 fully saturated rings. The van der Waals surface area contributed by atoms with Gasteiger partial charge in [0.2, 0.25) is 0 Å². The van der Waals surface area contributed by atoms with Gasteiger partial charge in [-0.15, -0.1) is 5.53 Å². The number of hydrogen-bond donors (Lipinski definition) is 1. The summed E-state index contributed by atoms with van der Waals surface area (Å²) < 4.78 is 0. The lowest BCUT2D eigenvalue weighted by molar-refractivity contribution is 0.709. The summed E-state index contributed by atoms with van der Waals surface area (Å²) in [6.07, 6.45) is 0. The van der Waals surface area contributed by atoms with Gasteiger partial charge in [-0.2, -0.15) is 0 Å². The van der Waals surface area contributed by atoms with Crippen molar-refractivity contribution >= 4 is 11.4 Å². The molecule has 3 heteroatoms. The Kier molecular flexibility index (Phi) is 1.48. The van der Waals surface area contributed by atoms with E-state index in [0.29, 0.717) is 0 Å². The Bertz CT molecular complexity index is 309. The molecule has 64 valence electrons. The zero-order valence-electron chi connectivity index (χ0n) is 7.63. The van der Waals surface area contributed by atoms with E-state index in [1.54, 1.807) is 0 Å². The van der Waals surface area contributed by atoms with Crippen molar-refractivity contribution in [3.05, 3.63) is 23.8 Å². The number of anilines is 2. The van der Waals surface area contributed by atoms with Crippen LogP contribution in [0.5, 0.6) is 0 Å². The molecule has 0 saturated heterocycles. The number of nitrogens with zero attached hydrogens (tertiary/aromatic N) is 2. The minimum atomic E-state index is 1.23. The summed E-state index contributed by atoms with van der Waals surface area (Å²) in [5.41, 5.74) is 6.92. The quantitative estimate of drug-likeness (QED) is 0.622. The van der Waals surface area contributed by atoms with Crippen molar-refractivity contribution in [3.8, 4) is 0 Å². The van der Waals surface area contributed by atoms with Gasteiger partial charge in [0.25, 0.3) is 0 Å². The Morgan fingerprint density at radius 1 is 1.08 bits per heavy atom. The summed E-state index contributed by atoms with van der Waals surface area (Å²) in [6, 6.07) is 6.42. The van der Waals surface area contributed by atoms with Crippen LogP contribution >= 0.6 is 0 Å². The summed E-state index contributed by atoms with van der Waals surface area (Å²) in [6.45, 7) is 2.10. The predicted molar refractivity (Wildman–Crippen MR) is 51.1 cm³/mol. The molecule has 1 aromatic rings. The molecular weight excluding hydrogens is 150 g/mol. The SMILES string of the molecule is Cc1ccc2c(c1)N(C)NN2C. The fraction of sp³-hybridized carbons (Fsp3) is 0.333. The zero-order valence-corrected chi connectivity index (χ0v) is 7.63. The summed E-state index contributed by atoms with van der Waals surface area (Å²) in [5, 5.41) is 4.02. The topological polar surface area (TPSA) is 18.5 Å². The molecule has 3 nitrogen and oxygen atoms in total. The number of aryl methyl sites for hydroxylation is 1. The van der Waals surface area contributed by atoms with E-state index in [2.05, 4.69) is 30.7 Å². The number of fused-ring (bicyclic) bond motifs is 1. The smallest absolute Gasteiger partial charge is 0.0784 e. The van der Waals surface area contributed by atoms with Gasteiger partial charge in [-0.25, -0.2) is 0 Å². The normalized spacial score (nSPS) is 15.2. The third-order valence-corrected chi connectivity index (χ3v) is 2.15. The first-order chi connectivity index (χ1) is 5.68. The van der Waals surface area contributed by atoms with Crippen LogP contribution in [0, 0.1) is 6.92 Å². The highest BCUT2D eigenvalue weighted by molar-refractivity contribution is 5.74. The van der Waals surface area contributed by atoms with Gasteiger partial charge in [-0.05, 0) is 24.6 Å². The van der Waals surface area contributed by atoms with Gasteiger partial charge in [0.1, 0.15) is 0 Å². The fourth-order valence-corrected chi connectivity index (χ4v) is 1.52. The van der Waals surface area contributed by atoms with Gasteiger partial charge in [0.15, 0.2) is 0 Å². The van der Waals surface area contributed by atoms with Gasteiger partial charge in [-0.1, -0.05) is 6.07 Å². The first-order valence-corrected chi connectivity index (χ1v) is 4.03. The van der Waals surface area contributed by atoms with Crippen molar-refractivity contribution < 1.29 is 0 Å². The van der Waals surface area contributed by atoms with Crippen LogP contribution in [0.3, 0.4) is 0 Å². The number of rotatable bonds is 0. The van der Waals surface area contributed by atoms with E-state index in [1.807, 2.05) is 24.1 Å². The van der Waals surface area contributed by atoms with E-state index in [9.17, 15) is 0 Å².